The number of urea groups is 2. The number of fused-ring (bicyclic) bond motifs is 2. The molecule has 0 heterocycles. The molecule has 4 atom stereocenters. The second-order valence-corrected chi connectivity index (χ2v) is 6.30. The molecule has 18 heavy (non-hydrogen) atoms. The van der Waals surface area contributed by atoms with Crippen molar-refractivity contribution in [2.24, 2.45) is 28.2 Å². The van der Waals surface area contributed by atoms with E-state index in [4.69, 9.17) is 11.5 Å². The molecule has 2 aliphatic rings. The molecule has 2 saturated carbocycles. The third-order valence-electron chi connectivity index (χ3n) is 5.46. The van der Waals surface area contributed by atoms with Gasteiger partial charge in [-0.15, -0.1) is 0 Å². The second-order valence-electron chi connectivity index (χ2n) is 6.30. The summed E-state index contributed by atoms with van der Waals surface area (Å²) in [7, 11) is 0. The van der Waals surface area contributed by atoms with E-state index in [2.05, 4.69) is 31.4 Å². The minimum atomic E-state index is -0.555. The third kappa shape index (κ3) is 1.54. The fourth-order valence-electron chi connectivity index (χ4n) is 4.13. The fraction of sp³-hybridized carbons (Fsp3) is 0.833. The zero-order valence-electron chi connectivity index (χ0n) is 11.1. The zero-order valence-corrected chi connectivity index (χ0v) is 11.1. The van der Waals surface area contributed by atoms with Crippen molar-refractivity contribution >= 4 is 12.1 Å². The molecule has 0 aromatic carbocycles. The molecule has 4 amide bonds. The van der Waals surface area contributed by atoms with Crippen molar-refractivity contribution in [3.63, 3.8) is 0 Å². The maximum absolute atomic E-state index is 11.2. The predicted octanol–water partition coefficient (Wildman–Crippen LogP) is 0.516. The lowest BCUT2D eigenvalue weighted by Gasteiger charge is -2.40. The molecule has 0 saturated heterocycles. The SMILES string of the molecule is CC1(C)[C@H]2CC[C@@]1(C)[C@H](NC(N)=O)[C@@H]2NC(N)=O. The van der Waals surface area contributed by atoms with Crippen LogP contribution in [0.5, 0.6) is 0 Å². The van der Waals surface area contributed by atoms with Gasteiger partial charge in [0, 0.05) is 0 Å². The van der Waals surface area contributed by atoms with Crippen molar-refractivity contribution in [2.45, 2.75) is 45.7 Å². The van der Waals surface area contributed by atoms with E-state index in [0.29, 0.717) is 5.92 Å². The largest absolute Gasteiger partial charge is 0.352 e. The summed E-state index contributed by atoms with van der Waals surface area (Å²) >= 11 is 0. The minimum absolute atomic E-state index is 0.0350. The van der Waals surface area contributed by atoms with Gasteiger partial charge < -0.3 is 22.1 Å². The maximum Gasteiger partial charge on any atom is 0.312 e. The number of nitrogens with two attached hydrogens (primary N) is 2. The molecule has 0 aliphatic heterocycles. The summed E-state index contributed by atoms with van der Waals surface area (Å²) < 4.78 is 0. The molecule has 102 valence electrons. The fourth-order valence-corrected chi connectivity index (χ4v) is 4.13. The summed E-state index contributed by atoms with van der Waals surface area (Å²) in [5.41, 5.74) is 10.5. The van der Waals surface area contributed by atoms with Gasteiger partial charge in [0.2, 0.25) is 0 Å². The van der Waals surface area contributed by atoms with Crippen LogP contribution in [0.3, 0.4) is 0 Å². The van der Waals surface area contributed by atoms with E-state index >= 15 is 0 Å². The van der Waals surface area contributed by atoms with Gasteiger partial charge in [-0.3, -0.25) is 0 Å². The van der Waals surface area contributed by atoms with Crippen LogP contribution in [0, 0.1) is 16.7 Å². The van der Waals surface area contributed by atoms with Gasteiger partial charge in [-0.2, -0.15) is 0 Å². The van der Waals surface area contributed by atoms with E-state index in [1.807, 2.05) is 0 Å². The summed E-state index contributed by atoms with van der Waals surface area (Å²) in [6, 6.07) is -1.40. The molecule has 6 heteroatoms. The van der Waals surface area contributed by atoms with Crippen molar-refractivity contribution in [3.05, 3.63) is 0 Å². The summed E-state index contributed by atoms with van der Waals surface area (Å²) in [5.74, 6) is 0.312. The lowest BCUT2D eigenvalue weighted by atomic mass is 9.69. The number of rotatable bonds is 2. The number of hydrogen-bond acceptors (Lipinski definition) is 2. The standard InChI is InChI=1S/C12H22N4O2/c1-11(2)6-4-5-12(11,3)8(16-10(14)18)7(6)15-9(13)17/h6-8H,4-5H2,1-3H3,(H3,13,15,17)(H3,14,16,18)/t6-,7+,8+,12-/m0/s1. The van der Waals surface area contributed by atoms with Crippen LogP contribution in [0.1, 0.15) is 33.6 Å². The molecule has 6 N–H and O–H groups in total. The normalized spacial score (nSPS) is 40.5. The smallest absolute Gasteiger partial charge is 0.312 e. The topological polar surface area (TPSA) is 110 Å². The highest BCUT2D eigenvalue weighted by molar-refractivity contribution is 5.74. The van der Waals surface area contributed by atoms with Crippen LogP contribution in [-0.2, 0) is 0 Å². The molecule has 2 fully saturated rings. The quantitative estimate of drug-likeness (QED) is 0.576. The van der Waals surface area contributed by atoms with Crippen LogP contribution in [0.15, 0.2) is 0 Å². The number of primary amides is 2. The van der Waals surface area contributed by atoms with Crippen LogP contribution in [-0.4, -0.2) is 24.1 Å². The summed E-state index contributed by atoms with van der Waals surface area (Å²) in [6.45, 7) is 6.52. The Bertz CT molecular complexity index is 396. The molecule has 2 bridgehead atoms. The Balaban J connectivity index is 2.34. The van der Waals surface area contributed by atoms with Gasteiger partial charge >= 0.3 is 12.1 Å². The summed E-state index contributed by atoms with van der Waals surface area (Å²) in [6.07, 6.45) is 2.05. The molecule has 0 aromatic heterocycles. The maximum atomic E-state index is 11.2. The molecular formula is C12H22N4O2. The second kappa shape index (κ2) is 3.76. The van der Waals surface area contributed by atoms with E-state index in [-0.39, 0.29) is 22.9 Å². The molecule has 0 spiro atoms. The predicted molar refractivity (Wildman–Crippen MR) is 67.6 cm³/mol. The highest BCUT2D eigenvalue weighted by atomic mass is 16.2. The minimum Gasteiger partial charge on any atom is -0.352 e. The molecule has 0 aromatic rings. The lowest BCUT2D eigenvalue weighted by molar-refractivity contribution is 0.123. The highest BCUT2D eigenvalue weighted by Crippen LogP contribution is 2.65. The van der Waals surface area contributed by atoms with Gasteiger partial charge in [-0.25, -0.2) is 9.59 Å². The van der Waals surface area contributed by atoms with Crippen molar-refractivity contribution in [1.29, 1.82) is 0 Å². The number of carbonyl (C=O) groups excluding carboxylic acids is 2. The van der Waals surface area contributed by atoms with Gasteiger partial charge in [0.25, 0.3) is 0 Å². The average molecular weight is 254 g/mol. The van der Waals surface area contributed by atoms with E-state index in [1.165, 1.54) is 0 Å². The molecule has 6 nitrogen and oxygen atoms in total. The Kier molecular flexibility index (Phi) is 2.72. The third-order valence-corrected chi connectivity index (χ3v) is 5.46. The van der Waals surface area contributed by atoms with Crippen molar-refractivity contribution in [2.75, 3.05) is 0 Å². The van der Waals surface area contributed by atoms with Crippen molar-refractivity contribution < 1.29 is 9.59 Å². The Morgan fingerprint density at radius 3 is 2.17 bits per heavy atom. The van der Waals surface area contributed by atoms with Gasteiger partial charge in [-0.05, 0) is 29.6 Å². The van der Waals surface area contributed by atoms with Crippen molar-refractivity contribution in [3.8, 4) is 0 Å². The van der Waals surface area contributed by atoms with Gasteiger partial charge in [0.05, 0.1) is 12.1 Å². The first-order valence-electron chi connectivity index (χ1n) is 6.32. The van der Waals surface area contributed by atoms with E-state index in [0.717, 1.165) is 12.8 Å². The highest BCUT2D eigenvalue weighted by Gasteiger charge is 2.66. The molecule has 0 radical (unpaired) electrons. The molecule has 2 aliphatic carbocycles. The molecule has 2 rings (SSSR count). The van der Waals surface area contributed by atoms with Gasteiger partial charge in [0.1, 0.15) is 0 Å². The molecular weight excluding hydrogens is 232 g/mol. The van der Waals surface area contributed by atoms with Crippen LogP contribution in [0.2, 0.25) is 0 Å². The van der Waals surface area contributed by atoms with Gasteiger partial charge in [0.15, 0.2) is 0 Å². The van der Waals surface area contributed by atoms with Crippen molar-refractivity contribution in [1.82, 2.24) is 10.6 Å². The summed E-state index contributed by atoms with van der Waals surface area (Å²) in [5, 5.41) is 5.57. The lowest BCUT2D eigenvalue weighted by Crippen LogP contribution is -2.59. The Labute approximate surface area is 107 Å². The average Bonchev–Trinajstić information content (AvgIpc) is 2.50. The zero-order chi connectivity index (χ0) is 13.7. The van der Waals surface area contributed by atoms with Crippen LogP contribution >= 0.6 is 0 Å². The van der Waals surface area contributed by atoms with Gasteiger partial charge in [-0.1, -0.05) is 20.8 Å². The van der Waals surface area contributed by atoms with Crippen LogP contribution in [0.25, 0.3) is 0 Å². The van der Waals surface area contributed by atoms with E-state index < -0.39 is 12.1 Å². The first-order chi connectivity index (χ1) is 8.20. The van der Waals surface area contributed by atoms with E-state index in [9.17, 15) is 9.59 Å². The van der Waals surface area contributed by atoms with Crippen LogP contribution in [0.4, 0.5) is 9.59 Å². The monoisotopic (exact) mass is 254 g/mol. The molecule has 0 unspecified atom stereocenters. The Morgan fingerprint density at radius 1 is 1.11 bits per heavy atom. The number of carbonyl (C=O) groups is 2. The number of amides is 4. The summed E-state index contributed by atoms with van der Waals surface area (Å²) in [4.78, 5) is 22.3. The first kappa shape index (κ1) is 13.0. The number of hydrogen-bond donors (Lipinski definition) is 4. The Hall–Kier alpha value is -1.46. The first-order valence-corrected chi connectivity index (χ1v) is 6.32. The van der Waals surface area contributed by atoms with E-state index in [1.54, 1.807) is 0 Å². The Morgan fingerprint density at radius 2 is 1.67 bits per heavy atom. The van der Waals surface area contributed by atoms with Crippen LogP contribution < -0.4 is 22.1 Å². The number of nitrogens with one attached hydrogen (secondary N) is 2.